The van der Waals surface area contributed by atoms with Crippen LogP contribution in [0.5, 0.6) is 0 Å². The lowest BCUT2D eigenvalue weighted by Gasteiger charge is -2.11. The van der Waals surface area contributed by atoms with Gasteiger partial charge in [-0.05, 0) is 21.9 Å². The molecule has 2 aromatic carbocycles. The molecule has 0 radical (unpaired) electrons. The zero-order valence-corrected chi connectivity index (χ0v) is 11.2. The molecule has 2 rings (SSSR count). The van der Waals surface area contributed by atoms with Gasteiger partial charge in [0.25, 0.3) is 0 Å². The standard InChI is InChI=1S/C17H16O3/c1-3-16(18)20-12-15-10-6-8-13-7-5-9-14(17(13)15)11-19-4-2/h3-10H,1-2,11-12H2. The van der Waals surface area contributed by atoms with Gasteiger partial charge in [-0.15, -0.1) is 0 Å². The maximum absolute atomic E-state index is 11.2. The van der Waals surface area contributed by atoms with Crippen molar-refractivity contribution in [2.45, 2.75) is 13.2 Å². The molecule has 20 heavy (non-hydrogen) atoms. The zero-order valence-electron chi connectivity index (χ0n) is 11.2. The summed E-state index contributed by atoms with van der Waals surface area (Å²) in [6.45, 7) is 7.59. The number of benzene rings is 2. The van der Waals surface area contributed by atoms with Crippen molar-refractivity contribution in [3.8, 4) is 0 Å². The fraction of sp³-hybridized carbons (Fsp3) is 0.118. The molecule has 0 atom stereocenters. The summed E-state index contributed by atoms with van der Waals surface area (Å²) >= 11 is 0. The van der Waals surface area contributed by atoms with E-state index in [9.17, 15) is 4.79 Å². The van der Waals surface area contributed by atoms with Crippen LogP contribution < -0.4 is 0 Å². The normalized spacial score (nSPS) is 10.0. The van der Waals surface area contributed by atoms with Crippen molar-refractivity contribution in [1.82, 2.24) is 0 Å². The number of hydrogen-bond donors (Lipinski definition) is 0. The van der Waals surface area contributed by atoms with Crippen LogP contribution in [0.15, 0.2) is 61.9 Å². The average molecular weight is 268 g/mol. The first-order valence-corrected chi connectivity index (χ1v) is 6.27. The molecular weight excluding hydrogens is 252 g/mol. The third-order valence-corrected chi connectivity index (χ3v) is 2.97. The van der Waals surface area contributed by atoms with Gasteiger partial charge in [0.1, 0.15) is 13.2 Å². The Balaban J connectivity index is 2.39. The summed E-state index contributed by atoms with van der Waals surface area (Å²) in [4.78, 5) is 11.2. The molecular formula is C17H16O3. The van der Waals surface area contributed by atoms with Gasteiger partial charge in [-0.3, -0.25) is 0 Å². The van der Waals surface area contributed by atoms with Crippen molar-refractivity contribution >= 4 is 16.7 Å². The smallest absolute Gasteiger partial charge is 0.330 e. The van der Waals surface area contributed by atoms with Crippen molar-refractivity contribution in [2.75, 3.05) is 0 Å². The Morgan fingerprint density at radius 1 is 1.05 bits per heavy atom. The van der Waals surface area contributed by atoms with E-state index in [1.807, 2.05) is 36.4 Å². The second kappa shape index (κ2) is 6.57. The van der Waals surface area contributed by atoms with Crippen molar-refractivity contribution in [3.05, 3.63) is 73.0 Å². The number of hydrogen-bond acceptors (Lipinski definition) is 3. The van der Waals surface area contributed by atoms with E-state index in [1.54, 1.807) is 0 Å². The van der Waals surface area contributed by atoms with Crippen LogP contribution in [0.4, 0.5) is 0 Å². The van der Waals surface area contributed by atoms with Crippen LogP contribution in [-0.4, -0.2) is 5.97 Å². The first-order chi connectivity index (χ1) is 9.76. The van der Waals surface area contributed by atoms with Gasteiger partial charge in [0.2, 0.25) is 0 Å². The minimum atomic E-state index is -0.429. The van der Waals surface area contributed by atoms with E-state index in [0.717, 1.165) is 28.0 Å². The molecule has 3 heteroatoms. The highest BCUT2D eigenvalue weighted by Gasteiger charge is 2.08. The Bertz CT molecular complexity index is 638. The van der Waals surface area contributed by atoms with Gasteiger partial charge < -0.3 is 9.47 Å². The van der Waals surface area contributed by atoms with Crippen molar-refractivity contribution in [3.63, 3.8) is 0 Å². The molecule has 0 N–H and O–H groups in total. The topological polar surface area (TPSA) is 35.5 Å². The molecule has 0 aliphatic rings. The first-order valence-electron chi connectivity index (χ1n) is 6.27. The lowest BCUT2D eigenvalue weighted by Crippen LogP contribution is -2.02. The first kappa shape index (κ1) is 13.9. The number of fused-ring (bicyclic) bond motifs is 1. The van der Waals surface area contributed by atoms with Crippen molar-refractivity contribution in [1.29, 1.82) is 0 Å². The summed E-state index contributed by atoms with van der Waals surface area (Å²) in [5.41, 5.74) is 1.98. The average Bonchev–Trinajstić information content (AvgIpc) is 2.50. The quantitative estimate of drug-likeness (QED) is 0.455. The summed E-state index contributed by atoms with van der Waals surface area (Å²) in [5, 5.41) is 2.14. The van der Waals surface area contributed by atoms with Crippen LogP contribution in [0.3, 0.4) is 0 Å². The molecule has 2 aromatic rings. The van der Waals surface area contributed by atoms with Gasteiger partial charge in [0.15, 0.2) is 0 Å². The Hall–Kier alpha value is -2.55. The number of carbonyl (C=O) groups excluding carboxylic acids is 1. The van der Waals surface area contributed by atoms with Gasteiger partial charge in [-0.2, -0.15) is 0 Å². The van der Waals surface area contributed by atoms with Crippen LogP contribution in [0.1, 0.15) is 11.1 Å². The molecule has 0 aliphatic carbocycles. The van der Waals surface area contributed by atoms with E-state index < -0.39 is 5.97 Å². The molecule has 0 aliphatic heterocycles. The number of esters is 1. The van der Waals surface area contributed by atoms with E-state index >= 15 is 0 Å². The monoisotopic (exact) mass is 268 g/mol. The molecule has 0 heterocycles. The Kier molecular flexibility index (Phi) is 4.56. The maximum atomic E-state index is 11.2. The van der Waals surface area contributed by atoms with Crippen molar-refractivity contribution < 1.29 is 14.3 Å². The minimum absolute atomic E-state index is 0.216. The molecule has 3 nitrogen and oxygen atoms in total. The van der Waals surface area contributed by atoms with Gasteiger partial charge in [0, 0.05) is 6.08 Å². The third-order valence-electron chi connectivity index (χ3n) is 2.97. The lowest BCUT2D eigenvalue weighted by atomic mass is 10.00. The lowest BCUT2D eigenvalue weighted by molar-refractivity contribution is -0.138. The van der Waals surface area contributed by atoms with Crippen LogP contribution >= 0.6 is 0 Å². The second-order valence-electron chi connectivity index (χ2n) is 4.22. The molecule has 0 spiro atoms. The molecule has 0 amide bonds. The van der Waals surface area contributed by atoms with Gasteiger partial charge >= 0.3 is 5.97 Å². The number of rotatable bonds is 6. The summed E-state index contributed by atoms with van der Waals surface area (Å²) < 4.78 is 10.4. The van der Waals surface area contributed by atoms with Crippen LogP contribution in [0.25, 0.3) is 10.8 Å². The van der Waals surface area contributed by atoms with Crippen LogP contribution in [0.2, 0.25) is 0 Å². The van der Waals surface area contributed by atoms with E-state index in [1.165, 1.54) is 6.26 Å². The van der Waals surface area contributed by atoms with Gasteiger partial charge in [0.05, 0.1) is 6.26 Å². The molecule has 102 valence electrons. The van der Waals surface area contributed by atoms with Gasteiger partial charge in [-0.25, -0.2) is 4.79 Å². The summed E-state index contributed by atoms with van der Waals surface area (Å²) in [6, 6.07) is 11.9. The second-order valence-corrected chi connectivity index (χ2v) is 4.22. The highest BCUT2D eigenvalue weighted by molar-refractivity contribution is 5.89. The predicted molar refractivity (Wildman–Crippen MR) is 78.9 cm³/mol. The number of carbonyl (C=O) groups is 1. The Morgan fingerprint density at radius 3 is 2.30 bits per heavy atom. The van der Waals surface area contributed by atoms with E-state index in [2.05, 4.69) is 13.2 Å². The van der Waals surface area contributed by atoms with Gasteiger partial charge in [-0.1, -0.05) is 49.6 Å². The van der Waals surface area contributed by atoms with E-state index in [-0.39, 0.29) is 6.61 Å². The Morgan fingerprint density at radius 2 is 1.70 bits per heavy atom. The Labute approximate surface area is 118 Å². The highest BCUT2D eigenvalue weighted by Crippen LogP contribution is 2.24. The molecule has 0 saturated carbocycles. The SMILES string of the molecule is C=COCc1cccc2cccc(COC(=O)C=C)c12. The fourth-order valence-electron chi connectivity index (χ4n) is 2.10. The maximum Gasteiger partial charge on any atom is 0.330 e. The van der Waals surface area contributed by atoms with E-state index in [4.69, 9.17) is 9.47 Å². The summed E-state index contributed by atoms with van der Waals surface area (Å²) in [5.74, 6) is -0.429. The molecule has 0 aromatic heterocycles. The fourth-order valence-corrected chi connectivity index (χ4v) is 2.10. The molecule has 0 fully saturated rings. The predicted octanol–water partition coefficient (Wildman–Crippen LogP) is 3.73. The van der Waals surface area contributed by atoms with Crippen LogP contribution in [0, 0.1) is 0 Å². The summed E-state index contributed by atoms with van der Waals surface area (Å²) in [7, 11) is 0. The molecule has 0 saturated heterocycles. The zero-order chi connectivity index (χ0) is 14.4. The number of ether oxygens (including phenoxy) is 2. The molecule has 0 bridgehead atoms. The largest absolute Gasteiger partial charge is 0.497 e. The van der Waals surface area contributed by atoms with Crippen LogP contribution in [-0.2, 0) is 27.5 Å². The van der Waals surface area contributed by atoms with Crippen molar-refractivity contribution in [2.24, 2.45) is 0 Å². The molecule has 0 unspecified atom stereocenters. The highest BCUT2D eigenvalue weighted by atomic mass is 16.5. The van der Waals surface area contributed by atoms with E-state index in [0.29, 0.717) is 6.61 Å². The minimum Gasteiger partial charge on any atom is -0.497 e. The summed E-state index contributed by atoms with van der Waals surface area (Å²) in [6.07, 6.45) is 2.58. The third kappa shape index (κ3) is 3.06.